The number of hydrogen-bond donors (Lipinski definition) is 2. The van der Waals surface area contributed by atoms with Gasteiger partial charge in [0.15, 0.2) is 0 Å². The molecule has 0 heterocycles. The number of halogens is 1. The lowest BCUT2D eigenvalue weighted by molar-refractivity contribution is -0.127. The van der Waals surface area contributed by atoms with Crippen molar-refractivity contribution in [3.05, 3.63) is 29.8 Å². The van der Waals surface area contributed by atoms with Crippen molar-refractivity contribution in [2.24, 2.45) is 5.73 Å². The highest BCUT2D eigenvalue weighted by molar-refractivity contribution is 5.88. The van der Waals surface area contributed by atoms with Crippen LogP contribution in [0.1, 0.15) is 57.9 Å². The lowest BCUT2D eigenvalue weighted by atomic mass is 9.77. The molecule has 0 aromatic heterocycles. The molecule has 0 radical (unpaired) electrons. The van der Waals surface area contributed by atoms with Crippen LogP contribution < -0.4 is 15.8 Å². The van der Waals surface area contributed by atoms with E-state index in [1.165, 1.54) is 0 Å². The van der Waals surface area contributed by atoms with E-state index in [4.69, 9.17) is 10.5 Å². The summed E-state index contributed by atoms with van der Waals surface area (Å²) in [5, 5.41) is 3.14. The Bertz CT molecular complexity index is 538. The van der Waals surface area contributed by atoms with E-state index in [1.54, 1.807) is 7.11 Å². The minimum absolute atomic E-state index is 0. The molecule has 0 unspecified atom stereocenters. The van der Waals surface area contributed by atoms with Crippen LogP contribution in [0.25, 0.3) is 0 Å². The molecule has 5 heteroatoms. The van der Waals surface area contributed by atoms with E-state index in [2.05, 4.69) is 19.2 Å². The van der Waals surface area contributed by atoms with Gasteiger partial charge in [-0.2, -0.15) is 0 Å². The molecule has 1 aliphatic rings. The summed E-state index contributed by atoms with van der Waals surface area (Å²) in [6.07, 6.45) is 5.66. The summed E-state index contributed by atoms with van der Waals surface area (Å²) in [6.45, 7) is 4.68. The molecule has 4 nitrogen and oxygen atoms in total. The quantitative estimate of drug-likeness (QED) is 0.786. The number of benzene rings is 1. The molecule has 2 rings (SSSR count). The molecule has 136 valence electrons. The second kappa shape index (κ2) is 8.72. The topological polar surface area (TPSA) is 64.3 Å². The van der Waals surface area contributed by atoms with Crippen LogP contribution in [0.3, 0.4) is 0 Å². The third kappa shape index (κ3) is 4.22. The minimum atomic E-state index is -0.434. The van der Waals surface area contributed by atoms with Gasteiger partial charge in [0.2, 0.25) is 5.91 Å². The van der Waals surface area contributed by atoms with Crippen LogP contribution in [0.5, 0.6) is 5.75 Å². The molecule has 0 bridgehead atoms. The number of methoxy groups -OCH3 is 1. The van der Waals surface area contributed by atoms with Crippen molar-refractivity contribution >= 4 is 18.3 Å². The number of amides is 1. The predicted octanol–water partition coefficient (Wildman–Crippen LogP) is 3.56. The molecule has 1 amide bonds. The predicted molar refractivity (Wildman–Crippen MR) is 101 cm³/mol. The zero-order valence-corrected chi connectivity index (χ0v) is 15.9. The van der Waals surface area contributed by atoms with E-state index < -0.39 is 5.41 Å². The monoisotopic (exact) mass is 354 g/mol. The Balaban J connectivity index is 0.00000288. The standard InChI is InChI=1S/C19H30N2O2.ClH/c1-4-18(20,5-2)14-21-17(22)19(11-6-7-12-19)15-9-8-10-16(13-15)23-3;/h8-10,13H,4-7,11-12,14,20H2,1-3H3,(H,21,22);1H. The summed E-state index contributed by atoms with van der Waals surface area (Å²) in [4.78, 5) is 13.0. The van der Waals surface area contributed by atoms with Crippen molar-refractivity contribution in [2.75, 3.05) is 13.7 Å². The number of carbonyl (C=O) groups is 1. The molecule has 1 aliphatic carbocycles. The highest BCUT2D eigenvalue weighted by Gasteiger charge is 2.43. The highest BCUT2D eigenvalue weighted by Crippen LogP contribution is 2.42. The first-order chi connectivity index (χ1) is 11.0. The van der Waals surface area contributed by atoms with Crippen LogP contribution >= 0.6 is 12.4 Å². The summed E-state index contributed by atoms with van der Waals surface area (Å²) >= 11 is 0. The average Bonchev–Trinajstić information content (AvgIpc) is 3.10. The number of carbonyl (C=O) groups excluding carboxylic acids is 1. The lowest BCUT2D eigenvalue weighted by Crippen LogP contribution is -2.53. The minimum Gasteiger partial charge on any atom is -0.497 e. The van der Waals surface area contributed by atoms with Crippen LogP contribution in [0.15, 0.2) is 24.3 Å². The summed E-state index contributed by atoms with van der Waals surface area (Å²) in [7, 11) is 1.66. The molecule has 0 atom stereocenters. The molecule has 1 aromatic carbocycles. The molecule has 0 saturated heterocycles. The van der Waals surface area contributed by atoms with E-state index in [0.717, 1.165) is 49.8 Å². The van der Waals surface area contributed by atoms with Gasteiger partial charge in [-0.3, -0.25) is 4.79 Å². The second-order valence-corrected chi connectivity index (χ2v) is 6.77. The van der Waals surface area contributed by atoms with Gasteiger partial charge in [-0.1, -0.05) is 38.8 Å². The normalized spacial score (nSPS) is 16.3. The van der Waals surface area contributed by atoms with Crippen LogP contribution in [0.2, 0.25) is 0 Å². The maximum absolute atomic E-state index is 13.0. The Morgan fingerprint density at radius 3 is 2.46 bits per heavy atom. The number of rotatable bonds is 7. The molecule has 24 heavy (non-hydrogen) atoms. The Labute approximate surface area is 151 Å². The number of hydrogen-bond acceptors (Lipinski definition) is 3. The van der Waals surface area contributed by atoms with Crippen molar-refractivity contribution in [2.45, 2.75) is 63.3 Å². The molecule has 1 fully saturated rings. The van der Waals surface area contributed by atoms with Crippen molar-refractivity contribution in [3.8, 4) is 5.75 Å². The lowest BCUT2D eigenvalue weighted by Gasteiger charge is -2.32. The van der Waals surface area contributed by atoms with Crippen LogP contribution in [0.4, 0.5) is 0 Å². The van der Waals surface area contributed by atoms with Gasteiger partial charge in [-0.15, -0.1) is 12.4 Å². The van der Waals surface area contributed by atoms with Crippen LogP contribution in [-0.2, 0) is 10.2 Å². The van der Waals surface area contributed by atoms with Gasteiger partial charge in [0.05, 0.1) is 12.5 Å². The third-order valence-corrected chi connectivity index (χ3v) is 5.52. The van der Waals surface area contributed by atoms with Crippen LogP contribution in [0, 0.1) is 0 Å². The van der Waals surface area contributed by atoms with Gasteiger partial charge < -0.3 is 15.8 Å². The SMILES string of the molecule is CCC(N)(CC)CNC(=O)C1(c2cccc(OC)c2)CCCC1.Cl. The fourth-order valence-electron chi connectivity index (χ4n) is 3.47. The molecular formula is C19H31ClN2O2. The van der Waals surface area contributed by atoms with Crippen LogP contribution in [-0.4, -0.2) is 25.1 Å². The van der Waals surface area contributed by atoms with Gasteiger partial charge in [0.1, 0.15) is 5.75 Å². The molecular weight excluding hydrogens is 324 g/mol. The van der Waals surface area contributed by atoms with E-state index >= 15 is 0 Å². The Morgan fingerprint density at radius 1 is 1.29 bits per heavy atom. The average molecular weight is 355 g/mol. The fourth-order valence-corrected chi connectivity index (χ4v) is 3.47. The van der Waals surface area contributed by atoms with Gasteiger partial charge >= 0.3 is 0 Å². The number of nitrogens with two attached hydrogens (primary N) is 1. The van der Waals surface area contributed by atoms with Gasteiger partial charge in [0, 0.05) is 12.1 Å². The second-order valence-electron chi connectivity index (χ2n) is 6.77. The summed E-state index contributed by atoms with van der Waals surface area (Å²) < 4.78 is 5.34. The summed E-state index contributed by atoms with van der Waals surface area (Å²) in [5.41, 5.74) is 6.64. The third-order valence-electron chi connectivity index (χ3n) is 5.52. The first-order valence-corrected chi connectivity index (χ1v) is 8.71. The largest absolute Gasteiger partial charge is 0.497 e. The Kier molecular flexibility index (Phi) is 7.56. The summed E-state index contributed by atoms with van der Waals surface area (Å²) in [5.74, 6) is 0.914. The molecule has 3 N–H and O–H groups in total. The highest BCUT2D eigenvalue weighted by atomic mass is 35.5. The number of nitrogens with one attached hydrogen (secondary N) is 1. The van der Waals surface area contributed by atoms with Crippen molar-refractivity contribution < 1.29 is 9.53 Å². The van der Waals surface area contributed by atoms with E-state index in [0.29, 0.717) is 6.54 Å². The van der Waals surface area contributed by atoms with Crippen molar-refractivity contribution in [1.82, 2.24) is 5.32 Å². The first-order valence-electron chi connectivity index (χ1n) is 8.71. The summed E-state index contributed by atoms with van der Waals surface area (Å²) in [6, 6.07) is 7.93. The maximum Gasteiger partial charge on any atom is 0.230 e. The number of ether oxygens (including phenoxy) is 1. The molecule has 1 saturated carbocycles. The Hall–Kier alpha value is -1.26. The van der Waals surface area contributed by atoms with Gasteiger partial charge in [0.25, 0.3) is 0 Å². The van der Waals surface area contributed by atoms with Crippen molar-refractivity contribution in [3.63, 3.8) is 0 Å². The maximum atomic E-state index is 13.0. The molecule has 0 aliphatic heterocycles. The van der Waals surface area contributed by atoms with Gasteiger partial charge in [-0.25, -0.2) is 0 Å². The molecule has 0 spiro atoms. The Morgan fingerprint density at radius 2 is 1.92 bits per heavy atom. The van der Waals surface area contributed by atoms with E-state index in [9.17, 15) is 4.79 Å². The fraction of sp³-hybridized carbons (Fsp3) is 0.632. The van der Waals surface area contributed by atoms with Crippen molar-refractivity contribution in [1.29, 1.82) is 0 Å². The smallest absolute Gasteiger partial charge is 0.230 e. The van der Waals surface area contributed by atoms with Gasteiger partial charge in [-0.05, 0) is 43.4 Å². The van der Waals surface area contributed by atoms with E-state index in [1.807, 2.05) is 24.3 Å². The first kappa shape index (κ1) is 20.8. The zero-order valence-electron chi connectivity index (χ0n) is 15.1. The van der Waals surface area contributed by atoms with E-state index in [-0.39, 0.29) is 23.9 Å². The zero-order chi connectivity index (χ0) is 16.9. The molecule has 1 aromatic rings.